The summed E-state index contributed by atoms with van der Waals surface area (Å²) in [5.74, 6) is 0.996. The molecule has 1 aliphatic carbocycles. The highest BCUT2D eigenvalue weighted by Gasteiger charge is 2.35. The second kappa shape index (κ2) is 10.7. The average molecular weight is 500 g/mol. The first-order valence-electron chi connectivity index (χ1n) is 12.6. The van der Waals surface area contributed by atoms with Crippen LogP contribution in [0.2, 0.25) is 0 Å². The summed E-state index contributed by atoms with van der Waals surface area (Å²) in [6.45, 7) is 15.3. The number of anilines is 1. The van der Waals surface area contributed by atoms with Crippen LogP contribution in [0.1, 0.15) is 85.8 Å². The number of carbonyl (C=O) groups excluding carboxylic acids is 2. The lowest BCUT2D eigenvalue weighted by Crippen LogP contribution is -2.31. The third-order valence-electron chi connectivity index (χ3n) is 7.27. The van der Waals surface area contributed by atoms with Gasteiger partial charge in [-0.25, -0.2) is 4.79 Å². The van der Waals surface area contributed by atoms with Crippen LogP contribution in [0.4, 0.5) is 5.00 Å². The van der Waals surface area contributed by atoms with Crippen LogP contribution in [-0.4, -0.2) is 25.6 Å². The zero-order valence-electron chi connectivity index (χ0n) is 22.6. The number of thiophene rings is 1. The van der Waals surface area contributed by atoms with Crippen LogP contribution < -0.4 is 10.1 Å². The smallest absolute Gasteiger partial charge is 0.341 e. The molecule has 3 rings (SSSR count). The molecule has 0 aliphatic heterocycles. The van der Waals surface area contributed by atoms with Gasteiger partial charge < -0.3 is 14.8 Å². The molecule has 0 spiro atoms. The average Bonchev–Trinajstić information content (AvgIpc) is 3.14. The quantitative estimate of drug-likeness (QED) is 0.310. The van der Waals surface area contributed by atoms with Crippen LogP contribution in [0.15, 0.2) is 18.2 Å². The molecule has 0 saturated carbocycles. The molecule has 1 aromatic heterocycles. The summed E-state index contributed by atoms with van der Waals surface area (Å²) in [5.41, 5.74) is 3.48. The Morgan fingerprint density at radius 1 is 1.14 bits per heavy atom. The Bertz CT molecular complexity index is 1080. The number of carbonyl (C=O) groups is 2. The summed E-state index contributed by atoms with van der Waals surface area (Å²) in [6, 6.07) is 6.18. The largest absolute Gasteiger partial charge is 0.493 e. The van der Waals surface area contributed by atoms with Gasteiger partial charge in [0.05, 0.1) is 19.3 Å². The normalized spacial score (nSPS) is 15.9. The molecule has 1 atom stereocenters. The second-order valence-electron chi connectivity index (χ2n) is 11.6. The third kappa shape index (κ3) is 6.46. The van der Waals surface area contributed by atoms with E-state index in [2.05, 4.69) is 38.2 Å². The molecule has 1 amide bonds. The van der Waals surface area contributed by atoms with Crippen LogP contribution in [0.25, 0.3) is 0 Å². The number of aryl methyl sites for hydroxylation is 2. The Labute approximate surface area is 214 Å². The van der Waals surface area contributed by atoms with E-state index in [9.17, 15) is 9.59 Å². The van der Waals surface area contributed by atoms with Crippen LogP contribution in [0.3, 0.4) is 0 Å². The van der Waals surface area contributed by atoms with Gasteiger partial charge in [-0.15, -0.1) is 11.3 Å². The van der Waals surface area contributed by atoms with E-state index in [4.69, 9.17) is 9.47 Å². The summed E-state index contributed by atoms with van der Waals surface area (Å²) in [6.07, 6.45) is 4.24. The maximum absolute atomic E-state index is 13.3. The minimum atomic E-state index is -0.600. The number of hydrogen-bond acceptors (Lipinski definition) is 5. The van der Waals surface area contributed by atoms with Crippen molar-refractivity contribution in [1.29, 1.82) is 0 Å². The van der Waals surface area contributed by atoms with Gasteiger partial charge in [0.15, 0.2) is 0 Å². The van der Waals surface area contributed by atoms with E-state index in [1.165, 1.54) is 17.6 Å². The summed E-state index contributed by atoms with van der Waals surface area (Å²) < 4.78 is 11.1. The zero-order chi connectivity index (χ0) is 26.0. The number of benzene rings is 1. The highest BCUT2D eigenvalue weighted by atomic mass is 32.1. The van der Waals surface area contributed by atoms with Gasteiger partial charge in [-0.05, 0) is 80.0 Å². The van der Waals surface area contributed by atoms with Crippen molar-refractivity contribution >= 4 is 28.2 Å². The van der Waals surface area contributed by atoms with Crippen LogP contribution in [0, 0.1) is 30.6 Å². The highest BCUT2D eigenvalue weighted by Crippen LogP contribution is 2.45. The van der Waals surface area contributed by atoms with Crippen molar-refractivity contribution in [3.8, 4) is 5.75 Å². The fourth-order valence-electron chi connectivity index (χ4n) is 4.68. The molecule has 35 heavy (non-hydrogen) atoms. The predicted molar refractivity (Wildman–Crippen MR) is 144 cm³/mol. The minimum Gasteiger partial charge on any atom is -0.493 e. The molecular formula is C29H41NO4S. The predicted octanol–water partition coefficient (Wildman–Crippen LogP) is 7.13. The van der Waals surface area contributed by atoms with Crippen molar-refractivity contribution in [2.24, 2.45) is 16.7 Å². The fraction of sp³-hybridized carbons (Fsp3) is 0.586. The number of hydrogen-bond donors (Lipinski definition) is 1. The molecule has 1 N–H and O–H groups in total. The molecule has 1 heterocycles. The number of esters is 1. The van der Waals surface area contributed by atoms with E-state index in [0.717, 1.165) is 42.6 Å². The first kappa shape index (κ1) is 27.3. The monoisotopic (exact) mass is 499 g/mol. The van der Waals surface area contributed by atoms with Crippen molar-refractivity contribution in [3.63, 3.8) is 0 Å². The number of methoxy groups -OCH3 is 1. The van der Waals surface area contributed by atoms with Gasteiger partial charge in [0, 0.05) is 10.3 Å². The number of nitrogens with one attached hydrogen (secondary N) is 1. The van der Waals surface area contributed by atoms with Crippen molar-refractivity contribution in [2.75, 3.05) is 19.0 Å². The van der Waals surface area contributed by atoms with Crippen molar-refractivity contribution in [2.45, 2.75) is 80.6 Å². The molecule has 192 valence electrons. The maximum Gasteiger partial charge on any atom is 0.341 e. The van der Waals surface area contributed by atoms with Crippen molar-refractivity contribution in [3.05, 3.63) is 45.3 Å². The lowest BCUT2D eigenvalue weighted by Gasteiger charge is -2.33. The van der Waals surface area contributed by atoms with E-state index >= 15 is 0 Å². The summed E-state index contributed by atoms with van der Waals surface area (Å²) in [5, 5.41) is 3.72. The van der Waals surface area contributed by atoms with Crippen molar-refractivity contribution < 1.29 is 19.1 Å². The fourth-order valence-corrected chi connectivity index (χ4v) is 5.99. The molecule has 6 heteroatoms. The second-order valence-corrected chi connectivity index (χ2v) is 12.7. The number of fused-ring (bicyclic) bond motifs is 1. The standard InChI is InChI=1S/C29H41NO4S/c1-18-10-11-19(2)22(16-18)34-15-9-14-29(6,7)27(32)30-25-24(26(31)33-8)21-13-12-20(28(3,4)5)17-23(21)35-25/h10-11,16,20H,9,12-15,17H2,1-8H3,(H,30,32). The molecule has 1 aromatic carbocycles. The molecular weight excluding hydrogens is 458 g/mol. The Morgan fingerprint density at radius 2 is 1.86 bits per heavy atom. The van der Waals surface area contributed by atoms with E-state index in [1.54, 1.807) is 11.3 Å². The number of amides is 1. The van der Waals surface area contributed by atoms with Gasteiger partial charge in [-0.2, -0.15) is 0 Å². The van der Waals surface area contributed by atoms with E-state index < -0.39 is 5.41 Å². The summed E-state index contributed by atoms with van der Waals surface area (Å²) in [4.78, 5) is 27.2. The van der Waals surface area contributed by atoms with Gasteiger partial charge in [0.2, 0.25) is 5.91 Å². The van der Waals surface area contributed by atoms with E-state index in [-0.39, 0.29) is 17.3 Å². The van der Waals surface area contributed by atoms with E-state index in [1.807, 2.05) is 33.8 Å². The SMILES string of the molecule is COC(=O)c1c(NC(=O)C(C)(C)CCCOc2cc(C)ccc2C)sc2c1CCC(C(C)(C)C)C2. The Morgan fingerprint density at radius 3 is 2.51 bits per heavy atom. The van der Waals surface area contributed by atoms with Crippen LogP contribution in [0.5, 0.6) is 5.75 Å². The number of rotatable bonds is 8. The zero-order valence-corrected chi connectivity index (χ0v) is 23.4. The topological polar surface area (TPSA) is 64.6 Å². The molecule has 2 aromatic rings. The molecule has 0 radical (unpaired) electrons. The minimum absolute atomic E-state index is 0.0830. The molecule has 1 unspecified atom stereocenters. The van der Waals surface area contributed by atoms with Gasteiger partial charge >= 0.3 is 5.97 Å². The van der Waals surface area contributed by atoms with Gasteiger partial charge in [-0.3, -0.25) is 4.79 Å². The third-order valence-corrected chi connectivity index (χ3v) is 8.44. The Kier molecular flexibility index (Phi) is 8.36. The van der Waals surface area contributed by atoms with Crippen molar-refractivity contribution in [1.82, 2.24) is 0 Å². The first-order valence-corrected chi connectivity index (χ1v) is 13.4. The van der Waals surface area contributed by atoms with Gasteiger partial charge in [0.1, 0.15) is 10.8 Å². The molecule has 0 fully saturated rings. The van der Waals surface area contributed by atoms with E-state index in [0.29, 0.717) is 29.5 Å². The summed E-state index contributed by atoms with van der Waals surface area (Å²) >= 11 is 1.54. The lowest BCUT2D eigenvalue weighted by atomic mass is 9.72. The molecule has 5 nitrogen and oxygen atoms in total. The van der Waals surface area contributed by atoms with Gasteiger partial charge in [-0.1, -0.05) is 46.8 Å². The maximum atomic E-state index is 13.3. The Balaban J connectivity index is 1.68. The molecule has 1 aliphatic rings. The van der Waals surface area contributed by atoms with Gasteiger partial charge in [0.25, 0.3) is 0 Å². The molecule has 0 saturated heterocycles. The number of ether oxygens (including phenoxy) is 2. The lowest BCUT2D eigenvalue weighted by molar-refractivity contribution is -0.124. The first-order chi connectivity index (χ1) is 16.3. The molecule has 0 bridgehead atoms. The summed E-state index contributed by atoms with van der Waals surface area (Å²) in [7, 11) is 1.40. The van der Waals surface area contributed by atoms with Crippen LogP contribution in [-0.2, 0) is 22.4 Å². The van der Waals surface area contributed by atoms with Crippen LogP contribution >= 0.6 is 11.3 Å². The Hall–Kier alpha value is -2.34. The highest BCUT2D eigenvalue weighted by molar-refractivity contribution is 7.17.